The van der Waals surface area contributed by atoms with Crippen LogP contribution in [0, 0.1) is 5.82 Å². The van der Waals surface area contributed by atoms with Crippen molar-refractivity contribution in [2.45, 2.75) is 5.03 Å². The molecule has 0 radical (unpaired) electrons. The molecule has 0 saturated heterocycles. The molecule has 138 valence electrons. The summed E-state index contributed by atoms with van der Waals surface area (Å²) in [7, 11) is 0. The lowest BCUT2D eigenvalue weighted by Gasteiger charge is -2.04. The van der Waals surface area contributed by atoms with Gasteiger partial charge in [0.1, 0.15) is 5.82 Å². The molecule has 0 bridgehead atoms. The van der Waals surface area contributed by atoms with Gasteiger partial charge in [0.15, 0.2) is 16.6 Å². The first kappa shape index (κ1) is 19.1. The van der Waals surface area contributed by atoms with E-state index in [1.54, 1.807) is 12.1 Å². The van der Waals surface area contributed by atoms with Crippen LogP contribution in [0.15, 0.2) is 67.7 Å². The standard InChI is InChI=1S/C17H13BrFN5O2S/c18-12-8-11(6-7-13(12)19)22-16(20)15-17(24-26-23-15)27-9-14(25)21-10-4-2-1-3-5-10/h1-8H,9H2,(H2,20,22)(H,21,25). The summed E-state index contributed by atoms with van der Waals surface area (Å²) in [6.45, 7) is 0. The fourth-order valence-electron chi connectivity index (χ4n) is 2.03. The second-order valence-corrected chi connectivity index (χ2v) is 7.03. The Kier molecular flexibility index (Phi) is 6.20. The Labute approximate surface area is 166 Å². The third kappa shape index (κ3) is 5.14. The Morgan fingerprint density at radius 1 is 1.26 bits per heavy atom. The number of aliphatic imine (C=N–C) groups is 1. The van der Waals surface area contributed by atoms with Crippen LogP contribution in [0.2, 0.25) is 0 Å². The molecule has 3 aromatic rings. The molecule has 0 spiro atoms. The van der Waals surface area contributed by atoms with Gasteiger partial charge in [0.05, 0.1) is 15.9 Å². The van der Waals surface area contributed by atoms with Crippen LogP contribution in [0.3, 0.4) is 0 Å². The number of nitrogens with zero attached hydrogens (tertiary/aromatic N) is 3. The molecular weight excluding hydrogens is 437 g/mol. The molecule has 0 saturated carbocycles. The number of amidine groups is 1. The molecule has 0 aliphatic heterocycles. The smallest absolute Gasteiger partial charge is 0.234 e. The number of thioether (sulfide) groups is 1. The molecule has 1 aromatic heterocycles. The minimum Gasteiger partial charge on any atom is -0.382 e. The Morgan fingerprint density at radius 2 is 2.04 bits per heavy atom. The molecule has 1 amide bonds. The normalized spacial score (nSPS) is 11.4. The number of anilines is 1. The van der Waals surface area contributed by atoms with E-state index >= 15 is 0 Å². The first-order chi connectivity index (χ1) is 13.0. The molecule has 0 aliphatic carbocycles. The number of halogens is 2. The van der Waals surface area contributed by atoms with E-state index in [0.29, 0.717) is 16.4 Å². The van der Waals surface area contributed by atoms with Gasteiger partial charge >= 0.3 is 0 Å². The molecule has 0 aliphatic rings. The Bertz CT molecular complexity index is 980. The quantitative estimate of drug-likeness (QED) is 0.337. The van der Waals surface area contributed by atoms with Crippen LogP contribution in [-0.2, 0) is 4.79 Å². The van der Waals surface area contributed by atoms with Crippen LogP contribution >= 0.6 is 27.7 Å². The summed E-state index contributed by atoms with van der Waals surface area (Å²) in [4.78, 5) is 16.2. The highest BCUT2D eigenvalue weighted by molar-refractivity contribution is 9.10. The number of nitrogens with one attached hydrogen (secondary N) is 1. The van der Waals surface area contributed by atoms with Gasteiger partial charge < -0.3 is 11.1 Å². The predicted octanol–water partition coefficient (Wildman–Crippen LogP) is 3.74. The first-order valence-corrected chi connectivity index (χ1v) is 9.40. The molecule has 0 atom stereocenters. The van der Waals surface area contributed by atoms with E-state index in [1.165, 1.54) is 18.2 Å². The SMILES string of the molecule is NC(=Nc1ccc(F)c(Br)c1)c1nonc1SCC(=O)Nc1ccccc1. The minimum absolute atomic E-state index is 0.0423. The maximum Gasteiger partial charge on any atom is 0.234 e. The molecule has 3 rings (SSSR count). The summed E-state index contributed by atoms with van der Waals surface area (Å²) in [5.74, 6) is -0.485. The maximum atomic E-state index is 13.3. The van der Waals surface area contributed by atoms with Crippen molar-refractivity contribution in [1.29, 1.82) is 0 Å². The third-order valence-electron chi connectivity index (χ3n) is 3.25. The van der Waals surface area contributed by atoms with Gasteiger partial charge in [-0.05, 0) is 56.6 Å². The number of aromatic nitrogens is 2. The fourth-order valence-corrected chi connectivity index (χ4v) is 3.10. The van der Waals surface area contributed by atoms with Crippen molar-refractivity contribution < 1.29 is 13.8 Å². The number of amides is 1. The molecule has 2 aromatic carbocycles. The van der Waals surface area contributed by atoms with Crippen molar-refractivity contribution in [3.63, 3.8) is 0 Å². The van der Waals surface area contributed by atoms with Gasteiger partial charge in [-0.3, -0.25) is 4.79 Å². The molecule has 7 nitrogen and oxygen atoms in total. The summed E-state index contributed by atoms with van der Waals surface area (Å²) in [6.07, 6.45) is 0. The number of hydrogen-bond acceptors (Lipinski definition) is 6. The summed E-state index contributed by atoms with van der Waals surface area (Å²) < 4.78 is 18.3. The van der Waals surface area contributed by atoms with Crippen molar-refractivity contribution in [2.24, 2.45) is 10.7 Å². The van der Waals surface area contributed by atoms with E-state index in [0.717, 1.165) is 11.8 Å². The zero-order valence-corrected chi connectivity index (χ0v) is 16.1. The molecule has 27 heavy (non-hydrogen) atoms. The minimum atomic E-state index is -0.406. The molecular formula is C17H13BrFN5O2S. The van der Waals surface area contributed by atoms with Gasteiger partial charge in [0.2, 0.25) is 5.91 Å². The van der Waals surface area contributed by atoms with Crippen LogP contribution in [-0.4, -0.2) is 27.8 Å². The van der Waals surface area contributed by atoms with Gasteiger partial charge in [-0.2, -0.15) is 0 Å². The van der Waals surface area contributed by atoms with Crippen LogP contribution in [0.4, 0.5) is 15.8 Å². The first-order valence-electron chi connectivity index (χ1n) is 7.63. The van der Waals surface area contributed by atoms with Crippen molar-refractivity contribution in [3.8, 4) is 0 Å². The van der Waals surface area contributed by atoms with Crippen LogP contribution in [0.1, 0.15) is 5.69 Å². The average Bonchev–Trinajstić information content (AvgIpc) is 3.13. The molecule has 10 heteroatoms. The predicted molar refractivity (Wildman–Crippen MR) is 105 cm³/mol. The zero-order valence-electron chi connectivity index (χ0n) is 13.7. The Hall–Kier alpha value is -2.72. The lowest BCUT2D eigenvalue weighted by molar-refractivity contribution is -0.113. The van der Waals surface area contributed by atoms with E-state index in [4.69, 9.17) is 10.4 Å². The van der Waals surface area contributed by atoms with Crippen LogP contribution in [0.25, 0.3) is 0 Å². The lowest BCUT2D eigenvalue weighted by atomic mass is 10.3. The van der Waals surface area contributed by atoms with E-state index in [1.807, 2.05) is 18.2 Å². The van der Waals surface area contributed by atoms with Gasteiger partial charge in [0, 0.05) is 5.69 Å². The average molecular weight is 450 g/mol. The molecule has 3 N–H and O–H groups in total. The second kappa shape index (κ2) is 8.78. The van der Waals surface area contributed by atoms with Crippen molar-refractivity contribution in [1.82, 2.24) is 10.3 Å². The third-order valence-corrected chi connectivity index (χ3v) is 4.81. The van der Waals surface area contributed by atoms with Crippen LogP contribution < -0.4 is 11.1 Å². The second-order valence-electron chi connectivity index (χ2n) is 5.22. The fraction of sp³-hybridized carbons (Fsp3) is 0.0588. The zero-order chi connectivity index (χ0) is 19.2. The van der Waals surface area contributed by atoms with E-state index in [2.05, 4.69) is 36.6 Å². The number of carbonyl (C=O) groups is 1. The largest absolute Gasteiger partial charge is 0.382 e. The van der Waals surface area contributed by atoms with Gasteiger partial charge in [-0.1, -0.05) is 30.0 Å². The highest BCUT2D eigenvalue weighted by Gasteiger charge is 2.16. The monoisotopic (exact) mass is 449 g/mol. The topological polar surface area (TPSA) is 106 Å². The van der Waals surface area contributed by atoms with E-state index in [-0.39, 0.29) is 27.7 Å². The summed E-state index contributed by atoms with van der Waals surface area (Å²) in [5, 5.41) is 10.6. The van der Waals surface area contributed by atoms with Gasteiger partial charge in [-0.15, -0.1) is 0 Å². The van der Waals surface area contributed by atoms with Crippen molar-refractivity contribution in [3.05, 3.63) is 64.5 Å². The molecule has 1 heterocycles. The van der Waals surface area contributed by atoms with Crippen molar-refractivity contribution >= 4 is 50.8 Å². The summed E-state index contributed by atoms with van der Waals surface area (Å²) in [6, 6.07) is 13.3. The number of benzene rings is 2. The number of hydrogen-bond donors (Lipinski definition) is 2. The Morgan fingerprint density at radius 3 is 2.78 bits per heavy atom. The Balaban J connectivity index is 1.67. The number of rotatable bonds is 6. The number of para-hydroxylation sites is 1. The highest BCUT2D eigenvalue weighted by atomic mass is 79.9. The molecule has 0 fully saturated rings. The van der Waals surface area contributed by atoms with Gasteiger partial charge in [-0.25, -0.2) is 14.0 Å². The molecule has 0 unspecified atom stereocenters. The lowest BCUT2D eigenvalue weighted by Crippen LogP contribution is -2.16. The van der Waals surface area contributed by atoms with Crippen LogP contribution in [0.5, 0.6) is 0 Å². The number of nitrogens with two attached hydrogens (primary N) is 1. The maximum absolute atomic E-state index is 13.3. The summed E-state index contributed by atoms with van der Waals surface area (Å²) >= 11 is 4.20. The highest BCUT2D eigenvalue weighted by Crippen LogP contribution is 2.24. The van der Waals surface area contributed by atoms with E-state index < -0.39 is 5.82 Å². The summed E-state index contributed by atoms with van der Waals surface area (Å²) in [5.41, 5.74) is 7.30. The number of carbonyl (C=O) groups excluding carboxylic acids is 1. The van der Waals surface area contributed by atoms with Gasteiger partial charge in [0.25, 0.3) is 0 Å². The van der Waals surface area contributed by atoms with E-state index in [9.17, 15) is 9.18 Å². The van der Waals surface area contributed by atoms with Crippen molar-refractivity contribution in [2.75, 3.05) is 11.1 Å².